The summed E-state index contributed by atoms with van der Waals surface area (Å²) in [6.45, 7) is 2.41. The second-order valence-electron chi connectivity index (χ2n) is 4.11. The van der Waals surface area contributed by atoms with E-state index >= 15 is 0 Å². The summed E-state index contributed by atoms with van der Waals surface area (Å²) >= 11 is 0. The van der Waals surface area contributed by atoms with E-state index in [-0.39, 0.29) is 5.91 Å². The first-order chi connectivity index (χ1) is 8.04. The first-order valence-electron chi connectivity index (χ1n) is 5.74. The van der Waals surface area contributed by atoms with Crippen LogP contribution in [-0.4, -0.2) is 31.7 Å². The van der Waals surface area contributed by atoms with Crippen LogP contribution in [-0.2, 0) is 4.79 Å². The zero-order valence-electron chi connectivity index (χ0n) is 10.6. The number of nitrogens with one attached hydrogen (secondary N) is 1. The van der Waals surface area contributed by atoms with Gasteiger partial charge in [0.1, 0.15) is 0 Å². The van der Waals surface area contributed by atoms with Gasteiger partial charge >= 0.3 is 0 Å². The molecule has 1 amide bonds. The van der Waals surface area contributed by atoms with E-state index in [4.69, 9.17) is 0 Å². The second-order valence-corrected chi connectivity index (χ2v) is 4.11. The van der Waals surface area contributed by atoms with E-state index < -0.39 is 6.10 Å². The van der Waals surface area contributed by atoms with Gasteiger partial charge in [0.2, 0.25) is 5.91 Å². The van der Waals surface area contributed by atoms with Crippen molar-refractivity contribution < 1.29 is 9.90 Å². The van der Waals surface area contributed by atoms with Gasteiger partial charge in [-0.25, -0.2) is 0 Å². The van der Waals surface area contributed by atoms with Crippen LogP contribution in [0.5, 0.6) is 0 Å². The summed E-state index contributed by atoms with van der Waals surface area (Å²) in [4.78, 5) is 13.1. The van der Waals surface area contributed by atoms with Crippen LogP contribution in [0.15, 0.2) is 24.3 Å². The Morgan fingerprint density at radius 3 is 2.47 bits per heavy atom. The quantitative estimate of drug-likeness (QED) is 0.810. The van der Waals surface area contributed by atoms with Gasteiger partial charge in [-0.1, -0.05) is 12.1 Å². The van der Waals surface area contributed by atoms with Crippen LogP contribution in [0.1, 0.15) is 25.0 Å². The fourth-order valence-electron chi connectivity index (χ4n) is 1.53. The van der Waals surface area contributed by atoms with E-state index in [0.717, 1.165) is 11.3 Å². The van der Waals surface area contributed by atoms with E-state index in [1.807, 2.05) is 36.2 Å². The summed E-state index contributed by atoms with van der Waals surface area (Å²) in [5, 5.41) is 12.0. The molecular weight excluding hydrogens is 216 g/mol. The molecule has 94 valence electrons. The van der Waals surface area contributed by atoms with Crippen molar-refractivity contribution in [1.82, 2.24) is 5.32 Å². The number of aliphatic hydroxyl groups excluding tert-OH is 1. The molecule has 1 aromatic rings. The van der Waals surface area contributed by atoms with Gasteiger partial charge in [-0.15, -0.1) is 0 Å². The summed E-state index contributed by atoms with van der Waals surface area (Å²) in [7, 11) is 3.58. The van der Waals surface area contributed by atoms with Crippen LogP contribution in [0.4, 0.5) is 5.69 Å². The molecule has 0 aliphatic heterocycles. The number of anilines is 1. The van der Waals surface area contributed by atoms with E-state index in [2.05, 4.69) is 5.32 Å². The minimum Gasteiger partial charge on any atom is -0.389 e. The lowest BCUT2D eigenvalue weighted by molar-refractivity contribution is -0.120. The molecule has 4 heteroatoms. The number of hydrogen-bond donors (Lipinski definition) is 2. The Morgan fingerprint density at radius 2 is 2.00 bits per heavy atom. The smallest absolute Gasteiger partial charge is 0.221 e. The van der Waals surface area contributed by atoms with E-state index in [1.54, 1.807) is 14.0 Å². The average Bonchev–Trinajstić information content (AvgIpc) is 2.35. The summed E-state index contributed by atoms with van der Waals surface area (Å²) in [6, 6.07) is 7.70. The zero-order chi connectivity index (χ0) is 12.8. The van der Waals surface area contributed by atoms with Crippen LogP contribution in [0.3, 0.4) is 0 Å². The molecule has 0 bridgehead atoms. The van der Waals surface area contributed by atoms with Crippen molar-refractivity contribution >= 4 is 11.6 Å². The second kappa shape index (κ2) is 6.25. The number of carbonyl (C=O) groups is 1. The summed E-state index contributed by atoms with van der Waals surface area (Å²) in [5.74, 6) is 0.0393. The maximum absolute atomic E-state index is 11.1. The molecule has 0 aliphatic rings. The van der Waals surface area contributed by atoms with Gasteiger partial charge in [-0.3, -0.25) is 4.79 Å². The topological polar surface area (TPSA) is 52.6 Å². The van der Waals surface area contributed by atoms with Gasteiger partial charge < -0.3 is 15.3 Å². The van der Waals surface area contributed by atoms with E-state index in [0.29, 0.717) is 13.0 Å². The molecule has 0 radical (unpaired) electrons. The van der Waals surface area contributed by atoms with Crippen molar-refractivity contribution in [2.45, 2.75) is 19.4 Å². The highest BCUT2D eigenvalue weighted by Gasteiger charge is 2.05. The highest BCUT2D eigenvalue weighted by Crippen LogP contribution is 2.18. The van der Waals surface area contributed by atoms with Gasteiger partial charge in [0.15, 0.2) is 0 Å². The molecule has 0 aromatic heterocycles. The lowest BCUT2D eigenvalue weighted by Gasteiger charge is -2.19. The maximum atomic E-state index is 11.1. The zero-order valence-corrected chi connectivity index (χ0v) is 10.6. The molecular formula is C13H20N2O2. The number of rotatable bonds is 5. The van der Waals surface area contributed by atoms with Crippen LogP contribution in [0.25, 0.3) is 0 Å². The van der Waals surface area contributed by atoms with Crippen LogP contribution in [0.2, 0.25) is 0 Å². The molecule has 1 rings (SSSR count). The fraction of sp³-hybridized carbons (Fsp3) is 0.462. The Kier molecular flexibility index (Phi) is 4.97. The normalized spacial score (nSPS) is 12.0. The predicted molar refractivity (Wildman–Crippen MR) is 69.0 cm³/mol. The number of carbonyl (C=O) groups excluding carboxylic acids is 1. The van der Waals surface area contributed by atoms with Crippen molar-refractivity contribution in [1.29, 1.82) is 0 Å². The van der Waals surface area contributed by atoms with Gasteiger partial charge in [-0.2, -0.15) is 0 Å². The van der Waals surface area contributed by atoms with Gasteiger partial charge in [0.25, 0.3) is 0 Å². The first kappa shape index (κ1) is 13.5. The molecule has 0 heterocycles. The van der Waals surface area contributed by atoms with Crippen molar-refractivity contribution in [3.63, 3.8) is 0 Å². The molecule has 0 spiro atoms. The Hall–Kier alpha value is -1.55. The third kappa shape index (κ3) is 4.07. The Morgan fingerprint density at radius 1 is 1.41 bits per heavy atom. The molecule has 0 saturated heterocycles. The largest absolute Gasteiger partial charge is 0.389 e. The Labute approximate surface area is 102 Å². The standard InChI is InChI=1S/C13H20N2O2/c1-10(16)11-4-6-12(7-5-11)15(3)9-8-13(17)14-2/h4-7,10,16H,8-9H2,1-3H3,(H,14,17)/t10-/m0/s1. The third-order valence-corrected chi connectivity index (χ3v) is 2.77. The minimum atomic E-state index is -0.444. The summed E-state index contributed by atoms with van der Waals surface area (Å²) < 4.78 is 0. The van der Waals surface area contributed by atoms with Gasteiger partial charge in [0.05, 0.1) is 6.10 Å². The molecule has 0 aliphatic carbocycles. The average molecular weight is 236 g/mol. The van der Waals surface area contributed by atoms with E-state index in [9.17, 15) is 9.90 Å². The molecule has 4 nitrogen and oxygen atoms in total. The summed E-state index contributed by atoms with van der Waals surface area (Å²) in [6.07, 6.45) is 0.0331. The lowest BCUT2D eigenvalue weighted by Crippen LogP contribution is -2.26. The van der Waals surface area contributed by atoms with Gasteiger partial charge in [-0.05, 0) is 24.6 Å². The van der Waals surface area contributed by atoms with Crippen molar-refractivity contribution in [2.24, 2.45) is 0 Å². The number of nitrogens with zero attached hydrogens (tertiary/aromatic N) is 1. The van der Waals surface area contributed by atoms with Crippen molar-refractivity contribution in [2.75, 3.05) is 25.5 Å². The van der Waals surface area contributed by atoms with Crippen LogP contribution in [0, 0.1) is 0 Å². The van der Waals surface area contributed by atoms with Crippen molar-refractivity contribution in [3.8, 4) is 0 Å². The molecule has 17 heavy (non-hydrogen) atoms. The SMILES string of the molecule is CNC(=O)CCN(C)c1ccc([C@H](C)O)cc1. The highest BCUT2D eigenvalue weighted by molar-refractivity contribution is 5.76. The van der Waals surface area contributed by atoms with E-state index in [1.165, 1.54) is 0 Å². The molecule has 0 fully saturated rings. The van der Waals surface area contributed by atoms with Crippen LogP contribution < -0.4 is 10.2 Å². The molecule has 1 atom stereocenters. The lowest BCUT2D eigenvalue weighted by atomic mass is 10.1. The molecule has 1 aromatic carbocycles. The van der Waals surface area contributed by atoms with Crippen molar-refractivity contribution in [3.05, 3.63) is 29.8 Å². The predicted octanol–water partition coefficient (Wildman–Crippen LogP) is 1.31. The minimum absolute atomic E-state index is 0.0393. The number of aliphatic hydroxyl groups is 1. The number of benzene rings is 1. The number of hydrogen-bond acceptors (Lipinski definition) is 3. The maximum Gasteiger partial charge on any atom is 0.221 e. The first-order valence-corrected chi connectivity index (χ1v) is 5.74. The Bertz CT molecular complexity index is 360. The molecule has 0 unspecified atom stereocenters. The highest BCUT2D eigenvalue weighted by atomic mass is 16.3. The molecule has 0 saturated carbocycles. The number of amides is 1. The third-order valence-electron chi connectivity index (χ3n) is 2.77. The fourth-order valence-corrected chi connectivity index (χ4v) is 1.53. The Balaban J connectivity index is 2.57. The van der Waals surface area contributed by atoms with Gasteiger partial charge in [0, 0.05) is 32.7 Å². The van der Waals surface area contributed by atoms with Crippen LogP contribution >= 0.6 is 0 Å². The molecule has 2 N–H and O–H groups in total. The summed E-state index contributed by atoms with van der Waals surface area (Å²) in [5.41, 5.74) is 1.94. The monoisotopic (exact) mass is 236 g/mol.